The van der Waals surface area contributed by atoms with Crippen molar-refractivity contribution in [3.63, 3.8) is 0 Å². The van der Waals surface area contributed by atoms with E-state index in [1.54, 1.807) is 7.11 Å². The van der Waals surface area contributed by atoms with Crippen molar-refractivity contribution in [1.82, 2.24) is 10.2 Å². The van der Waals surface area contributed by atoms with Crippen LogP contribution in [-0.4, -0.2) is 50.3 Å². The quantitative estimate of drug-likeness (QED) is 0.644. The summed E-state index contributed by atoms with van der Waals surface area (Å²) >= 11 is 0. The van der Waals surface area contributed by atoms with E-state index in [-0.39, 0.29) is 0 Å². The lowest BCUT2D eigenvalue weighted by Gasteiger charge is -2.25. The third-order valence-electron chi connectivity index (χ3n) is 3.52. The van der Waals surface area contributed by atoms with Gasteiger partial charge in [0, 0.05) is 32.3 Å². The van der Waals surface area contributed by atoms with Gasteiger partial charge in [-0.2, -0.15) is 0 Å². The van der Waals surface area contributed by atoms with Gasteiger partial charge in [-0.25, -0.2) is 0 Å². The molecule has 2 fully saturated rings. The summed E-state index contributed by atoms with van der Waals surface area (Å²) in [5.41, 5.74) is 0. The Hall–Kier alpha value is -0.120. The summed E-state index contributed by atoms with van der Waals surface area (Å²) < 4.78 is 5.18. The molecule has 0 aromatic heterocycles. The van der Waals surface area contributed by atoms with Crippen LogP contribution in [0.1, 0.15) is 32.6 Å². The summed E-state index contributed by atoms with van der Waals surface area (Å²) in [5, 5.41) is 3.62. The highest BCUT2D eigenvalue weighted by molar-refractivity contribution is 4.86. The van der Waals surface area contributed by atoms with Crippen molar-refractivity contribution < 1.29 is 4.74 Å². The molecule has 2 aliphatic rings. The molecule has 0 bridgehead atoms. The van der Waals surface area contributed by atoms with Gasteiger partial charge in [0.1, 0.15) is 0 Å². The largest absolute Gasteiger partial charge is 0.383 e. The topological polar surface area (TPSA) is 24.5 Å². The molecule has 1 unspecified atom stereocenters. The smallest absolute Gasteiger partial charge is 0.0589 e. The number of nitrogens with one attached hydrogen (secondary N) is 1. The maximum atomic E-state index is 5.18. The van der Waals surface area contributed by atoms with Gasteiger partial charge < -0.3 is 10.1 Å². The van der Waals surface area contributed by atoms with Crippen molar-refractivity contribution in [2.75, 3.05) is 33.4 Å². The maximum absolute atomic E-state index is 5.18. The summed E-state index contributed by atoms with van der Waals surface area (Å²) in [5.74, 6) is 0.762. The van der Waals surface area contributed by atoms with Gasteiger partial charge in [-0.1, -0.05) is 6.92 Å². The standard InChI is InChI=1S/C13H26N2O/c1-11(9-14-12-3-4-12)10-15(7-8-16-2)13-5-6-13/h11-14H,3-10H2,1-2H3. The summed E-state index contributed by atoms with van der Waals surface area (Å²) in [6, 6.07) is 1.70. The fourth-order valence-corrected chi connectivity index (χ4v) is 2.19. The molecule has 0 spiro atoms. The fraction of sp³-hybridized carbons (Fsp3) is 1.00. The van der Waals surface area contributed by atoms with Crippen LogP contribution in [0.3, 0.4) is 0 Å². The van der Waals surface area contributed by atoms with E-state index in [0.29, 0.717) is 0 Å². The minimum atomic E-state index is 0.762. The zero-order chi connectivity index (χ0) is 11.4. The van der Waals surface area contributed by atoms with E-state index >= 15 is 0 Å². The van der Waals surface area contributed by atoms with E-state index in [4.69, 9.17) is 4.74 Å². The summed E-state index contributed by atoms with van der Waals surface area (Å²) in [6.07, 6.45) is 5.57. The second-order valence-corrected chi connectivity index (χ2v) is 5.51. The average Bonchev–Trinajstić information content (AvgIpc) is 3.15. The van der Waals surface area contributed by atoms with E-state index < -0.39 is 0 Å². The summed E-state index contributed by atoms with van der Waals surface area (Å²) in [6.45, 7) is 6.75. The van der Waals surface area contributed by atoms with Gasteiger partial charge in [0.25, 0.3) is 0 Å². The molecule has 0 heterocycles. The highest BCUT2D eigenvalue weighted by atomic mass is 16.5. The number of nitrogens with zero attached hydrogens (tertiary/aromatic N) is 1. The number of hydrogen-bond acceptors (Lipinski definition) is 3. The van der Waals surface area contributed by atoms with Crippen molar-refractivity contribution in [2.45, 2.75) is 44.7 Å². The Kier molecular flexibility index (Phi) is 4.62. The first-order valence-corrected chi connectivity index (χ1v) is 6.76. The van der Waals surface area contributed by atoms with Crippen molar-refractivity contribution >= 4 is 0 Å². The van der Waals surface area contributed by atoms with Gasteiger partial charge >= 0.3 is 0 Å². The fourth-order valence-electron chi connectivity index (χ4n) is 2.19. The normalized spacial score (nSPS) is 22.7. The third kappa shape index (κ3) is 4.40. The lowest BCUT2D eigenvalue weighted by atomic mass is 10.1. The molecule has 3 nitrogen and oxygen atoms in total. The molecular formula is C13H26N2O. The van der Waals surface area contributed by atoms with Crippen molar-refractivity contribution in [1.29, 1.82) is 0 Å². The highest BCUT2D eigenvalue weighted by Crippen LogP contribution is 2.27. The molecule has 2 aliphatic carbocycles. The Morgan fingerprint density at radius 2 is 2.06 bits per heavy atom. The molecule has 1 N–H and O–H groups in total. The average molecular weight is 226 g/mol. The molecular weight excluding hydrogens is 200 g/mol. The summed E-state index contributed by atoms with van der Waals surface area (Å²) in [4.78, 5) is 2.61. The van der Waals surface area contributed by atoms with Gasteiger partial charge in [0.2, 0.25) is 0 Å². The molecule has 0 aromatic carbocycles. The second kappa shape index (κ2) is 5.99. The SMILES string of the molecule is COCCN(CC(C)CNC1CC1)C1CC1. The first kappa shape index (κ1) is 12.3. The second-order valence-electron chi connectivity index (χ2n) is 5.51. The number of rotatable bonds is 9. The van der Waals surface area contributed by atoms with Gasteiger partial charge in [-0.3, -0.25) is 4.90 Å². The van der Waals surface area contributed by atoms with Crippen molar-refractivity contribution in [3.05, 3.63) is 0 Å². The zero-order valence-corrected chi connectivity index (χ0v) is 10.7. The maximum Gasteiger partial charge on any atom is 0.0589 e. The molecule has 0 aromatic rings. The van der Waals surface area contributed by atoms with Gasteiger partial charge in [0.15, 0.2) is 0 Å². The van der Waals surface area contributed by atoms with E-state index in [1.807, 2.05) is 0 Å². The van der Waals surface area contributed by atoms with E-state index in [1.165, 1.54) is 38.8 Å². The van der Waals surface area contributed by atoms with E-state index in [2.05, 4.69) is 17.1 Å². The molecule has 2 rings (SSSR count). The van der Waals surface area contributed by atoms with Crippen LogP contribution >= 0.6 is 0 Å². The van der Waals surface area contributed by atoms with Crippen LogP contribution in [0, 0.1) is 5.92 Å². The van der Waals surface area contributed by atoms with Crippen LogP contribution in [0.5, 0.6) is 0 Å². The summed E-state index contributed by atoms with van der Waals surface area (Å²) in [7, 11) is 1.79. The minimum Gasteiger partial charge on any atom is -0.383 e. The van der Waals surface area contributed by atoms with Crippen LogP contribution in [-0.2, 0) is 4.74 Å². The molecule has 0 radical (unpaired) electrons. The lowest BCUT2D eigenvalue weighted by molar-refractivity contribution is 0.133. The van der Waals surface area contributed by atoms with Crippen molar-refractivity contribution in [2.24, 2.45) is 5.92 Å². The van der Waals surface area contributed by atoms with Crippen LogP contribution in [0.2, 0.25) is 0 Å². The van der Waals surface area contributed by atoms with Crippen molar-refractivity contribution in [3.8, 4) is 0 Å². The zero-order valence-electron chi connectivity index (χ0n) is 10.7. The van der Waals surface area contributed by atoms with Crippen LogP contribution in [0.4, 0.5) is 0 Å². The molecule has 1 atom stereocenters. The number of ether oxygens (including phenoxy) is 1. The molecule has 2 saturated carbocycles. The Balaban J connectivity index is 1.62. The van der Waals surface area contributed by atoms with Crippen LogP contribution in [0.25, 0.3) is 0 Å². The first-order chi connectivity index (χ1) is 7.79. The Labute approximate surface area is 99.5 Å². The van der Waals surface area contributed by atoms with Gasteiger partial charge in [0.05, 0.1) is 6.61 Å². The minimum absolute atomic E-state index is 0.762. The molecule has 16 heavy (non-hydrogen) atoms. The van der Waals surface area contributed by atoms with Crippen LogP contribution in [0.15, 0.2) is 0 Å². The molecule has 0 saturated heterocycles. The van der Waals surface area contributed by atoms with E-state index in [9.17, 15) is 0 Å². The molecule has 94 valence electrons. The van der Waals surface area contributed by atoms with Gasteiger partial charge in [-0.05, 0) is 38.1 Å². The predicted octanol–water partition coefficient (Wildman–Crippen LogP) is 1.49. The van der Waals surface area contributed by atoms with Gasteiger partial charge in [-0.15, -0.1) is 0 Å². The molecule has 0 aliphatic heterocycles. The predicted molar refractivity (Wildman–Crippen MR) is 66.7 cm³/mol. The van der Waals surface area contributed by atoms with Crippen LogP contribution < -0.4 is 5.32 Å². The molecule has 3 heteroatoms. The Morgan fingerprint density at radius 1 is 1.31 bits per heavy atom. The molecule has 0 amide bonds. The first-order valence-electron chi connectivity index (χ1n) is 6.76. The third-order valence-corrected chi connectivity index (χ3v) is 3.52. The Bertz CT molecular complexity index is 202. The monoisotopic (exact) mass is 226 g/mol. The Morgan fingerprint density at radius 3 is 2.62 bits per heavy atom. The van der Waals surface area contributed by atoms with E-state index in [0.717, 1.165) is 31.2 Å². The highest BCUT2D eigenvalue weighted by Gasteiger charge is 2.29. The number of hydrogen-bond donors (Lipinski definition) is 1. The number of methoxy groups -OCH3 is 1. The lowest BCUT2D eigenvalue weighted by Crippen LogP contribution is -2.37.